The van der Waals surface area contributed by atoms with Crippen molar-refractivity contribution in [3.63, 3.8) is 0 Å². The minimum absolute atomic E-state index is 0.150. The molecule has 138 valence electrons. The molecule has 0 radical (unpaired) electrons. The number of nitrogens with zero attached hydrogens (tertiary/aromatic N) is 1. The summed E-state index contributed by atoms with van der Waals surface area (Å²) in [4.78, 5) is 2.43. The second-order valence-electron chi connectivity index (χ2n) is 7.92. The van der Waals surface area contributed by atoms with E-state index in [1.807, 2.05) is 6.07 Å². The van der Waals surface area contributed by atoms with Crippen LogP contribution in [0.15, 0.2) is 42.5 Å². The predicted molar refractivity (Wildman–Crippen MR) is 99.5 cm³/mol. The summed E-state index contributed by atoms with van der Waals surface area (Å²) in [5.74, 6) is 0.499. The molecule has 1 saturated carbocycles. The minimum atomic E-state index is -4.29. The molecule has 26 heavy (non-hydrogen) atoms. The highest BCUT2D eigenvalue weighted by Gasteiger charge is 2.46. The van der Waals surface area contributed by atoms with Gasteiger partial charge >= 0.3 is 6.18 Å². The zero-order chi connectivity index (χ0) is 18.5. The fourth-order valence-electron chi connectivity index (χ4n) is 4.83. The Kier molecular flexibility index (Phi) is 4.05. The molecule has 0 amide bonds. The first-order chi connectivity index (χ1) is 12.3. The first-order valence-corrected chi connectivity index (χ1v) is 9.36. The maximum atomic E-state index is 12.8. The van der Waals surface area contributed by atoms with Gasteiger partial charge in [0, 0.05) is 24.2 Å². The van der Waals surface area contributed by atoms with Crippen LogP contribution in [0, 0.1) is 0 Å². The van der Waals surface area contributed by atoms with Gasteiger partial charge in [-0.15, -0.1) is 0 Å². The highest BCUT2D eigenvalue weighted by Crippen LogP contribution is 2.53. The third-order valence-corrected chi connectivity index (χ3v) is 6.50. The lowest BCUT2D eigenvalue weighted by Crippen LogP contribution is -2.43. The van der Waals surface area contributed by atoms with Gasteiger partial charge in [0.1, 0.15) is 0 Å². The Bertz CT molecular complexity index is 809. The summed E-state index contributed by atoms with van der Waals surface area (Å²) in [5.41, 5.74) is 4.02. The minimum Gasteiger partial charge on any atom is -0.368 e. The zero-order valence-electron chi connectivity index (χ0n) is 15.2. The molecule has 0 unspecified atom stereocenters. The molecule has 1 fully saturated rings. The number of rotatable bonds is 1. The summed E-state index contributed by atoms with van der Waals surface area (Å²) < 4.78 is 38.4. The van der Waals surface area contributed by atoms with E-state index in [4.69, 9.17) is 0 Å². The lowest BCUT2D eigenvalue weighted by atomic mass is 9.79. The Morgan fingerprint density at radius 1 is 0.962 bits per heavy atom. The van der Waals surface area contributed by atoms with E-state index in [1.54, 1.807) is 12.1 Å². The van der Waals surface area contributed by atoms with E-state index in [1.165, 1.54) is 55.5 Å². The molecule has 1 aliphatic carbocycles. The fourth-order valence-corrected chi connectivity index (χ4v) is 4.83. The van der Waals surface area contributed by atoms with Gasteiger partial charge in [-0.05, 0) is 60.7 Å². The second kappa shape index (κ2) is 6.04. The molecule has 0 bridgehead atoms. The summed E-state index contributed by atoms with van der Waals surface area (Å²) >= 11 is 0. The van der Waals surface area contributed by atoms with Crippen LogP contribution in [0.4, 0.5) is 18.9 Å². The average molecular weight is 359 g/mol. The maximum Gasteiger partial charge on any atom is 0.416 e. The van der Waals surface area contributed by atoms with Crippen molar-refractivity contribution in [1.82, 2.24) is 0 Å². The van der Waals surface area contributed by atoms with Gasteiger partial charge in [0.25, 0.3) is 0 Å². The third-order valence-electron chi connectivity index (χ3n) is 6.50. The van der Waals surface area contributed by atoms with Crippen LogP contribution in [0.3, 0.4) is 0 Å². The van der Waals surface area contributed by atoms with Crippen LogP contribution < -0.4 is 4.90 Å². The molecule has 2 aromatic carbocycles. The first-order valence-electron chi connectivity index (χ1n) is 9.36. The molecule has 4 heteroatoms. The van der Waals surface area contributed by atoms with Crippen molar-refractivity contribution in [3.8, 4) is 11.1 Å². The van der Waals surface area contributed by atoms with Crippen LogP contribution >= 0.6 is 0 Å². The van der Waals surface area contributed by atoms with Crippen LogP contribution in [-0.4, -0.2) is 12.6 Å². The van der Waals surface area contributed by atoms with E-state index >= 15 is 0 Å². The molecule has 1 nitrogen and oxygen atoms in total. The number of alkyl halides is 3. The van der Waals surface area contributed by atoms with E-state index in [9.17, 15) is 13.2 Å². The van der Waals surface area contributed by atoms with E-state index < -0.39 is 11.7 Å². The number of fused-ring (bicyclic) bond motifs is 3. The Morgan fingerprint density at radius 3 is 2.35 bits per heavy atom. The van der Waals surface area contributed by atoms with Crippen LogP contribution in [0.25, 0.3) is 11.1 Å². The number of likely N-dealkylation sites (N-methyl/N-ethyl adjacent to an activating group) is 1. The molecule has 0 saturated heterocycles. The molecule has 2 aromatic rings. The number of hydrogen-bond acceptors (Lipinski definition) is 1. The van der Waals surface area contributed by atoms with Crippen molar-refractivity contribution in [2.45, 2.75) is 56.7 Å². The summed E-state index contributed by atoms with van der Waals surface area (Å²) in [7, 11) is 2.18. The Morgan fingerprint density at radius 2 is 1.65 bits per heavy atom. The number of halogens is 3. The smallest absolute Gasteiger partial charge is 0.368 e. The largest absolute Gasteiger partial charge is 0.416 e. The van der Waals surface area contributed by atoms with Crippen molar-refractivity contribution in [1.29, 1.82) is 0 Å². The summed E-state index contributed by atoms with van der Waals surface area (Å²) in [6, 6.07) is 11.9. The van der Waals surface area contributed by atoms with Gasteiger partial charge in [0.2, 0.25) is 0 Å². The second-order valence-corrected chi connectivity index (χ2v) is 7.92. The molecule has 1 heterocycles. The van der Waals surface area contributed by atoms with Crippen LogP contribution in [0.2, 0.25) is 0 Å². The van der Waals surface area contributed by atoms with Crippen LogP contribution in [-0.2, 0) is 6.18 Å². The van der Waals surface area contributed by atoms with Gasteiger partial charge in [0.05, 0.1) is 5.56 Å². The van der Waals surface area contributed by atoms with Crippen LogP contribution in [0.5, 0.6) is 0 Å². The number of hydrogen-bond donors (Lipinski definition) is 0. The molecule has 0 spiro atoms. The maximum absolute atomic E-state index is 12.8. The van der Waals surface area contributed by atoms with Crippen molar-refractivity contribution >= 4 is 5.69 Å². The van der Waals surface area contributed by atoms with E-state index in [0.29, 0.717) is 5.92 Å². The van der Waals surface area contributed by atoms with Crippen molar-refractivity contribution in [2.75, 3.05) is 11.9 Å². The highest BCUT2D eigenvalue weighted by molar-refractivity contribution is 5.73. The Labute approximate surface area is 152 Å². The molecule has 0 N–H and O–H groups in total. The molecule has 4 rings (SSSR count). The summed E-state index contributed by atoms with van der Waals surface area (Å²) in [6.45, 7) is 2.36. The standard InChI is InChI=1S/C22H24F3N/c1-21-13-5-3-4-6-19(21)18-14-16(9-12-20(18)26(21)2)15-7-10-17(11-8-15)22(23,24)25/h7-12,14,19H,3-6,13H2,1-2H3/t19-,21+/m0/s1. The van der Waals surface area contributed by atoms with Gasteiger partial charge in [-0.2, -0.15) is 13.2 Å². The molecular formula is C22H24F3N. The predicted octanol–water partition coefficient (Wildman–Crippen LogP) is 6.63. The van der Waals surface area contributed by atoms with Crippen molar-refractivity contribution < 1.29 is 13.2 Å². The monoisotopic (exact) mass is 359 g/mol. The Balaban J connectivity index is 1.72. The van der Waals surface area contributed by atoms with E-state index in [-0.39, 0.29) is 5.54 Å². The topological polar surface area (TPSA) is 3.24 Å². The number of benzene rings is 2. The van der Waals surface area contributed by atoms with E-state index in [0.717, 1.165) is 11.1 Å². The normalized spacial score (nSPS) is 25.6. The fraction of sp³-hybridized carbons (Fsp3) is 0.455. The van der Waals surface area contributed by atoms with Gasteiger partial charge in [-0.3, -0.25) is 0 Å². The van der Waals surface area contributed by atoms with Crippen molar-refractivity contribution in [3.05, 3.63) is 53.6 Å². The molecule has 0 aromatic heterocycles. The van der Waals surface area contributed by atoms with E-state index in [2.05, 4.69) is 31.0 Å². The molecule has 2 atom stereocenters. The van der Waals surface area contributed by atoms with Gasteiger partial charge < -0.3 is 4.90 Å². The van der Waals surface area contributed by atoms with Gasteiger partial charge in [0.15, 0.2) is 0 Å². The molecule has 2 aliphatic rings. The first kappa shape index (κ1) is 17.4. The number of anilines is 1. The summed E-state index contributed by atoms with van der Waals surface area (Å²) in [5, 5.41) is 0. The Hall–Kier alpha value is -1.97. The zero-order valence-corrected chi connectivity index (χ0v) is 15.2. The lowest BCUT2D eigenvalue weighted by Gasteiger charge is -2.38. The quantitative estimate of drug-likeness (QED) is 0.552. The summed E-state index contributed by atoms with van der Waals surface area (Å²) in [6.07, 6.45) is 1.88. The van der Waals surface area contributed by atoms with Crippen molar-refractivity contribution in [2.24, 2.45) is 0 Å². The average Bonchev–Trinajstić information content (AvgIpc) is 2.75. The lowest BCUT2D eigenvalue weighted by molar-refractivity contribution is -0.137. The van der Waals surface area contributed by atoms with Gasteiger partial charge in [-0.25, -0.2) is 0 Å². The van der Waals surface area contributed by atoms with Crippen LogP contribution in [0.1, 0.15) is 56.1 Å². The molecule has 1 aliphatic heterocycles. The highest BCUT2D eigenvalue weighted by atomic mass is 19.4. The van der Waals surface area contributed by atoms with Gasteiger partial charge in [-0.1, -0.05) is 37.5 Å². The SMILES string of the molecule is CN1c2ccc(-c3ccc(C(F)(F)F)cc3)cc2[C@@H]2CCCCC[C@]21C. The molecular weight excluding hydrogens is 335 g/mol. The third kappa shape index (κ3) is 2.70.